The van der Waals surface area contributed by atoms with Gasteiger partial charge in [-0.2, -0.15) is 0 Å². The van der Waals surface area contributed by atoms with Crippen molar-refractivity contribution in [2.45, 2.75) is 0 Å². The van der Waals surface area contributed by atoms with E-state index in [9.17, 15) is 9.90 Å². The van der Waals surface area contributed by atoms with Crippen molar-refractivity contribution in [3.63, 3.8) is 0 Å². The summed E-state index contributed by atoms with van der Waals surface area (Å²) in [5.74, 6) is 0.860. The van der Waals surface area contributed by atoms with Crippen LogP contribution < -0.4 is 15.0 Å². The minimum absolute atomic E-state index is 0.234. The topological polar surface area (TPSA) is 98.8 Å². The van der Waals surface area contributed by atoms with E-state index in [1.54, 1.807) is 60.9 Å². The van der Waals surface area contributed by atoms with Gasteiger partial charge in [-0.3, -0.25) is 4.79 Å². The highest BCUT2D eigenvalue weighted by atomic mass is 16.5. The number of methoxy groups -OCH3 is 2. The van der Waals surface area contributed by atoms with Crippen molar-refractivity contribution in [2.24, 2.45) is 4.99 Å². The Morgan fingerprint density at radius 1 is 1.00 bits per heavy atom. The third-order valence-electron chi connectivity index (χ3n) is 4.59. The first-order valence-electron chi connectivity index (χ1n) is 9.04. The van der Waals surface area contributed by atoms with Crippen LogP contribution >= 0.6 is 0 Å². The lowest BCUT2D eigenvalue weighted by molar-refractivity contribution is 0.395. The Morgan fingerprint density at radius 2 is 1.73 bits per heavy atom. The minimum Gasteiger partial charge on any atom is -0.497 e. The van der Waals surface area contributed by atoms with Gasteiger partial charge in [0.15, 0.2) is 0 Å². The maximum Gasteiger partial charge on any atom is 0.265 e. The monoisotopic (exact) mass is 402 g/mol. The molecular weight excluding hydrogens is 384 g/mol. The fraction of sp³-hybridized carbons (Fsp3) is 0.0909. The zero-order valence-electron chi connectivity index (χ0n) is 16.3. The Labute approximate surface area is 171 Å². The number of benzene rings is 2. The zero-order chi connectivity index (χ0) is 21.1. The van der Waals surface area contributed by atoms with Gasteiger partial charge in [0.2, 0.25) is 11.8 Å². The first-order valence-corrected chi connectivity index (χ1v) is 9.04. The highest BCUT2D eigenvalue weighted by molar-refractivity contribution is 6.02. The van der Waals surface area contributed by atoms with E-state index in [0.717, 1.165) is 0 Å². The van der Waals surface area contributed by atoms with Crippen LogP contribution in [0.25, 0.3) is 16.5 Å². The predicted molar refractivity (Wildman–Crippen MR) is 114 cm³/mol. The predicted octanol–water partition coefficient (Wildman–Crippen LogP) is 3.25. The minimum atomic E-state index is -0.400. The van der Waals surface area contributed by atoms with Gasteiger partial charge in [-0.15, -0.1) is 0 Å². The van der Waals surface area contributed by atoms with Crippen molar-refractivity contribution >= 4 is 22.9 Å². The van der Waals surface area contributed by atoms with Gasteiger partial charge in [0, 0.05) is 35.4 Å². The molecule has 4 rings (SSSR count). The number of rotatable bonds is 5. The van der Waals surface area contributed by atoms with Gasteiger partial charge in [0.1, 0.15) is 11.5 Å². The second-order valence-electron chi connectivity index (χ2n) is 6.27. The molecule has 0 saturated carbocycles. The molecule has 2 heterocycles. The third-order valence-corrected chi connectivity index (χ3v) is 4.59. The van der Waals surface area contributed by atoms with Crippen LogP contribution in [-0.2, 0) is 0 Å². The summed E-state index contributed by atoms with van der Waals surface area (Å²) < 4.78 is 11.9. The number of ether oxygens (including phenoxy) is 2. The molecule has 2 aromatic heterocycles. The summed E-state index contributed by atoms with van der Waals surface area (Å²) in [6.45, 7) is 0. The van der Waals surface area contributed by atoms with Crippen LogP contribution in [-0.4, -0.2) is 40.1 Å². The number of aliphatic imine (C=N–C) groups is 1. The van der Waals surface area contributed by atoms with E-state index in [4.69, 9.17) is 9.47 Å². The lowest BCUT2D eigenvalue weighted by atomic mass is 10.1. The summed E-state index contributed by atoms with van der Waals surface area (Å²) in [6, 6.07) is 13.7. The summed E-state index contributed by atoms with van der Waals surface area (Å²) in [5.41, 5.74) is 0.293. The van der Waals surface area contributed by atoms with Crippen molar-refractivity contribution in [3.05, 3.63) is 76.8 Å². The zero-order valence-corrected chi connectivity index (χ0v) is 16.3. The summed E-state index contributed by atoms with van der Waals surface area (Å²) in [4.78, 5) is 25.6. The standard InChI is InChI=1S/C22H18N4O4/c1-29-14-8-9-19(30-2)18(12-14)26-20(27)16-7-4-3-6-15(16)17(21(26)28)13-25-22-23-10-5-11-24-22/h3-13,28H,1-2H3. The van der Waals surface area contributed by atoms with Crippen molar-refractivity contribution in [1.29, 1.82) is 0 Å². The number of hydrogen-bond acceptors (Lipinski definition) is 7. The molecule has 0 saturated heterocycles. The first-order chi connectivity index (χ1) is 14.6. The molecule has 0 unspecified atom stereocenters. The molecule has 0 aliphatic carbocycles. The molecule has 1 N–H and O–H groups in total. The van der Waals surface area contributed by atoms with E-state index in [1.807, 2.05) is 0 Å². The molecule has 8 heteroatoms. The number of fused-ring (bicyclic) bond motifs is 1. The number of nitrogens with zero attached hydrogens (tertiary/aromatic N) is 4. The molecule has 0 bridgehead atoms. The molecule has 0 aliphatic rings. The van der Waals surface area contributed by atoms with Gasteiger partial charge in [0.25, 0.3) is 5.56 Å². The van der Waals surface area contributed by atoms with Gasteiger partial charge in [-0.1, -0.05) is 18.2 Å². The van der Waals surface area contributed by atoms with Crippen LogP contribution in [0.3, 0.4) is 0 Å². The normalized spacial score (nSPS) is 11.1. The molecular formula is C22H18N4O4. The van der Waals surface area contributed by atoms with Gasteiger partial charge in [0.05, 0.1) is 25.5 Å². The summed E-state index contributed by atoms with van der Waals surface area (Å²) in [7, 11) is 3.01. The van der Waals surface area contributed by atoms with E-state index < -0.39 is 5.56 Å². The molecule has 2 aromatic carbocycles. The van der Waals surface area contributed by atoms with E-state index in [-0.39, 0.29) is 11.8 Å². The number of pyridine rings is 1. The fourth-order valence-corrected chi connectivity index (χ4v) is 3.16. The van der Waals surface area contributed by atoms with E-state index in [2.05, 4.69) is 15.0 Å². The van der Waals surface area contributed by atoms with Crippen LogP contribution in [0.1, 0.15) is 5.56 Å². The fourth-order valence-electron chi connectivity index (χ4n) is 3.16. The SMILES string of the molecule is COc1ccc(OC)c(-n2c(O)c(C=Nc3ncccn3)c3ccccc3c2=O)c1. The van der Waals surface area contributed by atoms with Crippen molar-refractivity contribution < 1.29 is 14.6 Å². The number of hydrogen-bond donors (Lipinski definition) is 1. The second-order valence-corrected chi connectivity index (χ2v) is 6.27. The summed E-state index contributed by atoms with van der Waals surface area (Å²) >= 11 is 0. The molecule has 0 aliphatic heterocycles. The van der Waals surface area contributed by atoms with Crippen LogP contribution in [0.4, 0.5) is 5.95 Å². The Bertz CT molecular complexity index is 1300. The molecule has 8 nitrogen and oxygen atoms in total. The van der Waals surface area contributed by atoms with Crippen LogP contribution in [0, 0.1) is 0 Å². The average molecular weight is 402 g/mol. The maximum absolute atomic E-state index is 13.3. The molecule has 150 valence electrons. The lowest BCUT2D eigenvalue weighted by Crippen LogP contribution is -2.20. The maximum atomic E-state index is 13.3. The summed E-state index contributed by atoms with van der Waals surface area (Å²) in [6.07, 6.45) is 4.58. The van der Waals surface area contributed by atoms with Crippen LogP contribution in [0.2, 0.25) is 0 Å². The Balaban J connectivity index is 2.03. The molecule has 0 fully saturated rings. The first kappa shape index (κ1) is 19.1. The van der Waals surface area contributed by atoms with Gasteiger partial charge in [-0.05, 0) is 24.3 Å². The number of aromatic nitrogens is 3. The quantitative estimate of drug-likeness (QED) is 0.515. The Morgan fingerprint density at radius 3 is 2.43 bits per heavy atom. The van der Waals surface area contributed by atoms with E-state index in [0.29, 0.717) is 33.5 Å². The lowest BCUT2D eigenvalue weighted by Gasteiger charge is -2.16. The van der Waals surface area contributed by atoms with Crippen molar-refractivity contribution in [1.82, 2.24) is 14.5 Å². The Hall–Kier alpha value is -4.20. The molecule has 0 spiro atoms. The number of aromatic hydroxyl groups is 1. The largest absolute Gasteiger partial charge is 0.497 e. The average Bonchev–Trinajstić information content (AvgIpc) is 2.79. The van der Waals surface area contributed by atoms with Crippen LogP contribution in [0.5, 0.6) is 17.4 Å². The molecule has 0 amide bonds. The Kier molecular flexibility index (Phi) is 5.13. The highest BCUT2D eigenvalue weighted by Gasteiger charge is 2.19. The second kappa shape index (κ2) is 8.04. The van der Waals surface area contributed by atoms with Crippen molar-refractivity contribution in [2.75, 3.05) is 14.2 Å². The van der Waals surface area contributed by atoms with Gasteiger partial charge in [-0.25, -0.2) is 19.5 Å². The van der Waals surface area contributed by atoms with Crippen molar-refractivity contribution in [3.8, 4) is 23.1 Å². The third kappa shape index (κ3) is 3.35. The van der Waals surface area contributed by atoms with Gasteiger partial charge < -0.3 is 14.6 Å². The van der Waals surface area contributed by atoms with Crippen LogP contribution in [0.15, 0.2) is 70.7 Å². The van der Waals surface area contributed by atoms with E-state index >= 15 is 0 Å². The smallest absolute Gasteiger partial charge is 0.265 e. The molecule has 0 radical (unpaired) electrons. The van der Waals surface area contributed by atoms with E-state index in [1.165, 1.54) is 25.0 Å². The van der Waals surface area contributed by atoms with Gasteiger partial charge >= 0.3 is 0 Å². The molecule has 30 heavy (non-hydrogen) atoms. The summed E-state index contributed by atoms with van der Waals surface area (Å²) in [5, 5.41) is 12.1. The molecule has 0 atom stereocenters. The highest BCUT2D eigenvalue weighted by Crippen LogP contribution is 2.32. The molecule has 4 aromatic rings.